The number of thioether (sulfide) groups is 1. The standard InChI is InChI=1S/C6H8N6S2/c1-12-6(8-3-9-12)13-2-4-10-11-5(7)14-4/h3H,2H2,1H3,(H2,7,11). The third-order valence-corrected chi connectivity index (χ3v) is 3.46. The van der Waals surface area contributed by atoms with Gasteiger partial charge in [0.25, 0.3) is 0 Å². The normalized spacial score (nSPS) is 10.6. The van der Waals surface area contributed by atoms with E-state index in [2.05, 4.69) is 20.3 Å². The van der Waals surface area contributed by atoms with E-state index in [-0.39, 0.29) is 0 Å². The molecule has 0 aliphatic carbocycles. The Morgan fingerprint density at radius 1 is 1.57 bits per heavy atom. The number of hydrogen-bond acceptors (Lipinski definition) is 7. The van der Waals surface area contributed by atoms with Crippen molar-refractivity contribution in [2.75, 3.05) is 5.73 Å². The molecule has 14 heavy (non-hydrogen) atoms. The highest BCUT2D eigenvalue weighted by Crippen LogP contribution is 2.22. The first kappa shape index (κ1) is 9.41. The van der Waals surface area contributed by atoms with Gasteiger partial charge in [-0.15, -0.1) is 10.2 Å². The van der Waals surface area contributed by atoms with Crippen LogP contribution >= 0.6 is 23.1 Å². The molecule has 0 atom stereocenters. The third kappa shape index (κ3) is 2.02. The molecule has 2 N–H and O–H groups in total. The van der Waals surface area contributed by atoms with E-state index in [9.17, 15) is 0 Å². The van der Waals surface area contributed by atoms with Crippen molar-refractivity contribution >= 4 is 28.2 Å². The minimum Gasteiger partial charge on any atom is -0.374 e. The summed E-state index contributed by atoms with van der Waals surface area (Å²) in [5.41, 5.74) is 5.46. The zero-order valence-electron chi connectivity index (χ0n) is 7.41. The van der Waals surface area contributed by atoms with Gasteiger partial charge in [0.05, 0.1) is 5.75 Å². The smallest absolute Gasteiger partial charge is 0.203 e. The molecule has 0 bridgehead atoms. The Morgan fingerprint density at radius 2 is 2.43 bits per heavy atom. The molecule has 0 saturated heterocycles. The van der Waals surface area contributed by atoms with E-state index in [4.69, 9.17) is 5.73 Å². The predicted molar refractivity (Wildman–Crippen MR) is 54.9 cm³/mol. The first-order valence-corrected chi connectivity index (χ1v) is 5.60. The van der Waals surface area contributed by atoms with Crippen molar-refractivity contribution in [3.63, 3.8) is 0 Å². The average Bonchev–Trinajstić information content (AvgIpc) is 2.72. The molecule has 74 valence electrons. The molecule has 0 unspecified atom stereocenters. The molecule has 2 aromatic rings. The zero-order valence-corrected chi connectivity index (χ0v) is 9.05. The van der Waals surface area contributed by atoms with Crippen LogP contribution in [0.3, 0.4) is 0 Å². The van der Waals surface area contributed by atoms with Gasteiger partial charge in [-0.2, -0.15) is 5.10 Å². The molecule has 2 aromatic heterocycles. The van der Waals surface area contributed by atoms with Crippen molar-refractivity contribution in [2.24, 2.45) is 7.05 Å². The van der Waals surface area contributed by atoms with Gasteiger partial charge in [-0.25, -0.2) is 9.67 Å². The first-order valence-electron chi connectivity index (χ1n) is 3.80. The Hall–Kier alpha value is -1.15. The Morgan fingerprint density at radius 3 is 3.00 bits per heavy atom. The van der Waals surface area contributed by atoms with Gasteiger partial charge in [0.15, 0.2) is 5.16 Å². The summed E-state index contributed by atoms with van der Waals surface area (Å²) in [6.07, 6.45) is 1.52. The second-order valence-electron chi connectivity index (χ2n) is 2.49. The van der Waals surface area contributed by atoms with Gasteiger partial charge < -0.3 is 5.73 Å². The second-order valence-corrected chi connectivity index (χ2v) is 4.53. The Labute approximate surface area is 88.6 Å². The summed E-state index contributed by atoms with van der Waals surface area (Å²) < 4.78 is 1.72. The van der Waals surface area contributed by atoms with E-state index in [1.807, 2.05) is 7.05 Å². The third-order valence-electron chi connectivity index (χ3n) is 1.48. The quantitative estimate of drug-likeness (QED) is 0.772. The predicted octanol–water partition coefficient (Wildman–Crippen LogP) is 0.541. The molecule has 0 aliphatic rings. The largest absolute Gasteiger partial charge is 0.374 e. The highest BCUT2D eigenvalue weighted by Gasteiger charge is 2.05. The summed E-state index contributed by atoms with van der Waals surface area (Å²) in [5, 5.41) is 13.9. The Balaban J connectivity index is 1.98. The van der Waals surface area contributed by atoms with Crippen LogP contribution in [-0.4, -0.2) is 25.0 Å². The lowest BCUT2D eigenvalue weighted by molar-refractivity contribution is 0.685. The van der Waals surface area contributed by atoms with E-state index < -0.39 is 0 Å². The summed E-state index contributed by atoms with van der Waals surface area (Å²) in [4.78, 5) is 4.08. The lowest BCUT2D eigenvalue weighted by Gasteiger charge is -1.95. The molecule has 0 amide bonds. The molecular formula is C6H8N6S2. The number of rotatable bonds is 3. The Kier molecular flexibility index (Phi) is 2.64. The zero-order chi connectivity index (χ0) is 9.97. The van der Waals surface area contributed by atoms with Crippen LogP contribution in [0, 0.1) is 0 Å². The number of nitrogens with zero attached hydrogens (tertiary/aromatic N) is 5. The van der Waals surface area contributed by atoms with E-state index in [0.29, 0.717) is 5.13 Å². The van der Waals surface area contributed by atoms with Crippen LogP contribution in [-0.2, 0) is 12.8 Å². The monoisotopic (exact) mass is 228 g/mol. The molecule has 0 aliphatic heterocycles. The SMILES string of the molecule is Cn1ncnc1SCc1nnc(N)s1. The maximum Gasteiger partial charge on any atom is 0.203 e. The fourth-order valence-corrected chi connectivity index (χ4v) is 2.35. The fraction of sp³-hybridized carbons (Fsp3) is 0.333. The molecule has 0 saturated carbocycles. The molecule has 8 heteroatoms. The van der Waals surface area contributed by atoms with Crippen molar-refractivity contribution < 1.29 is 0 Å². The van der Waals surface area contributed by atoms with E-state index in [1.54, 1.807) is 16.4 Å². The molecule has 2 heterocycles. The minimum atomic E-state index is 0.499. The topological polar surface area (TPSA) is 82.5 Å². The van der Waals surface area contributed by atoms with Crippen LogP contribution in [0.2, 0.25) is 0 Å². The molecular weight excluding hydrogens is 220 g/mol. The molecule has 0 aromatic carbocycles. The van der Waals surface area contributed by atoms with Gasteiger partial charge in [0.1, 0.15) is 11.3 Å². The molecule has 0 fully saturated rings. The van der Waals surface area contributed by atoms with Gasteiger partial charge in [-0.05, 0) is 0 Å². The summed E-state index contributed by atoms with van der Waals surface area (Å²) in [7, 11) is 1.85. The Bertz CT molecular complexity index is 421. The lowest BCUT2D eigenvalue weighted by Crippen LogP contribution is -1.92. The van der Waals surface area contributed by atoms with E-state index in [0.717, 1.165) is 15.9 Å². The van der Waals surface area contributed by atoms with E-state index >= 15 is 0 Å². The maximum atomic E-state index is 5.46. The number of aryl methyl sites for hydroxylation is 1. The van der Waals surface area contributed by atoms with E-state index in [1.165, 1.54) is 17.7 Å². The van der Waals surface area contributed by atoms with Gasteiger partial charge in [-0.1, -0.05) is 23.1 Å². The van der Waals surface area contributed by atoms with Gasteiger partial charge in [0.2, 0.25) is 5.13 Å². The van der Waals surface area contributed by atoms with Gasteiger partial charge in [-0.3, -0.25) is 0 Å². The van der Waals surface area contributed by atoms with Crippen LogP contribution in [0.4, 0.5) is 5.13 Å². The van der Waals surface area contributed by atoms with Crippen LogP contribution < -0.4 is 5.73 Å². The summed E-state index contributed by atoms with van der Waals surface area (Å²) in [5.74, 6) is 0.724. The van der Waals surface area contributed by atoms with Crippen LogP contribution in [0.15, 0.2) is 11.5 Å². The van der Waals surface area contributed by atoms with Crippen LogP contribution in [0.5, 0.6) is 0 Å². The summed E-state index contributed by atoms with van der Waals surface area (Å²) >= 11 is 2.95. The number of aromatic nitrogens is 5. The molecule has 0 radical (unpaired) electrons. The van der Waals surface area contributed by atoms with Crippen molar-refractivity contribution in [3.05, 3.63) is 11.3 Å². The van der Waals surface area contributed by atoms with Crippen molar-refractivity contribution in [2.45, 2.75) is 10.9 Å². The number of hydrogen-bond donors (Lipinski definition) is 1. The second kappa shape index (κ2) is 3.93. The number of nitrogen functional groups attached to an aromatic ring is 1. The molecule has 2 rings (SSSR count). The highest BCUT2D eigenvalue weighted by molar-refractivity contribution is 7.98. The average molecular weight is 228 g/mol. The van der Waals surface area contributed by atoms with Crippen molar-refractivity contribution in [1.82, 2.24) is 25.0 Å². The first-order chi connectivity index (χ1) is 6.75. The van der Waals surface area contributed by atoms with Crippen LogP contribution in [0.25, 0.3) is 0 Å². The van der Waals surface area contributed by atoms with Gasteiger partial charge in [0, 0.05) is 7.05 Å². The number of anilines is 1. The fourth-order valence-electron chi connectivity index (χ4n) is 0.867. The van der Waals surface area contributed by atoms with Crippen molar-refractivity contribution in [3.8, 4) is 0 Å². The van der Waals surface area contributed by atoms with Crippen LogP contribution in [0.1, 0.15) is 5.01 Å². The number of nitrogens with two attached hydrogens (primary N) is 1. The minimum absolute atomic E-state index is 0.499. The van der Waals surface area contributed by atoms with Gasteiger partial charge >= 0.3 is 0 Å². The maximum absolute atomic E-state index is 5.46. The highest BCUT2D eigenvalue weighted by atomic mass is 32.2. The summed E-state index contributed by atoms with van der Waals surface area (Å²) in [6, 6.07) is 0. The lowest BCUT2D eigenvalue weighted by atomic mass is 10.9. The molecule has 0 spiro atoms. The summed E-state index contributed by atoms with van der Waals surface area (Å²) in [6.45, 7) is 0. The molecule has 6 nitrogen and oxygen atoms in total. The van der Waals surface area contributed by atoms with Crippen molar-refractivity contribution in [1.29, 1.82) is 0 Å².